The number of benzene rings is 2. The summed E-state index contributed by atoms with van der Waals surface area (Å²) in [7, 11) is -3.89. The quantitative estimate of drug-likeness (QED) is 0.585. The van der Waals surface area contributed by atoms with E-state index in [1.54, 1.807) is 0 Å². The minimum atomic E-state index is -3.89. The Morgan fingerprint density at radius 3 is 2.52 bits per heavy atom. The van der Waals surface area contributed by atoms with E-state index >= 15 is 0 Å². The van der Waals surface area contributed by atoms with Crippen molar-refractivity contribution in [1.82, 2.24) is 4.31 Å². The molecule has 1 N–H and O–H groups in total. The molecule has 1 heterocycles. The predicted molar refractivity (Wildman–Crippen MR) is 99.6 cm³/mol. The number of nitrogens with one attached hydrogen (secondary N) is 1. The first-order chi connectivity index (χ1) is 13.7. The topological polar surface area (TPSA) is 110 Å². The van der Waals surface area contributed by atoms with Crippen LogP contribution in [-0.4, -0.2) is 36.6 Å². The van der Waals surface area contributed by atoms with Gasteiger partial charge in [-0.05, 0) is 49.2 Å². The average molecular weight is 425 g/mol. The lowest BCUT2D eigenvalue weighted by molar-refractivity contribution is -0.387. The van der Waals surface area contributed by atoms with Gasteiger partial charge in [0.2, 0.25) is 21.7 Å². The number of carbonyl (C=O) groups excluding carboxylic acids is 1. The molecule has 154 valence electrons. The molecule has 0 bridgehead atoms. The molecule has 1 saturated heterocycles. The second kappa shape index (κ2) is 8.21. The van der Waals surface area contributed by atoms with Gasteiger partial charge in [0.15, 0.2) is 0 Å². The third-order valence-electron chi connectivity index (χ3n) is 4.62. The maximum absolute atomic E-state index is 13.4. The highest BCUT2D eigenvalue weighted by atomic mass is 32.2. The number of sulfonamides is 1. The summed E-state index contributed by atoms with van der Waals surface area (Å²) < 4.78 is 53.1. The number of anilines is 1. The van der Waals surface area contributed by atoms with Gasteiger partial charge >= 0.3 is 5.69 Å². The fraction of sp³-hybridized carbons (Fsp3) is 0.278. The number of hydrogen-bond acceptors (Lipinski definition) is 5. The smallest absolute Gasteiger partial charge is 0.306 e. The molecule has 11 heteroatoms. The number of nitro groups is 1. The number of nitro benzene ring substituents is 1. The zero-order chi connectivity index (χ0) is 21.2. The van der Waals surface area contributed by atoms with Crippen LogP contribution in [0, 0.1) is 27.7 Å². The molecule has 0 radical (unpaired) electrons. The Morgan fingerprint density at radius 1 is 1.17 bits per heavy atom. The number of hydrogen-bond donors (Lipinski definition) is 1. The highest BCUT2D eigenvalue weighted by Gasteiger charge is 2.33. The van der Waals surface area contributed by atoms with Crippen LogP contribution in [0.25, 0.3) is 0 Å². The summed E-state index contributed by atoms with van der Waals surface area (Å²) in [6, 6.07) is 7.38. The van der Waals surface area contributed by atoms with Gasteiger partial charge in [-0.25, -0.2) is 12.8 Å². The standard InChI is InChI=1S/C18H17F2N3O5S/c19-13-3-6-15(7-4-13)29(27,28)22-9-1-2-12(11-22)18(24)21-14-5-8-16(20)17(10-14)23(25)26/h3-8,10,12H,1-2,9,11H2,(H,21,24). The Labute approximate surface area is 165 Å². The van der Waals surface area contributed by atoms with Crippen LogP contribution in [0.15, 0.2) is 47.4 Å². The third-order valence-corrected chi connectivity index (χ3v) is 6.50. The van der Waals surface area contributed by atoms with Crippen LogP contribution < -0.4 is 5.32 Å². The molecule has 1 amide bonds. The Hall–Kier alpha value is -2.92. The first-order valence-corrected chi connectivity index (χ1v) is 10.1. The predicted octanol–water partition coefficient (Wildman–Crippen LogP) is 2.91. The summed E-state index contributed by atoms with van der Waals surface area (Å²) in [6.45, 7) is 0.125. The Bertz CT molecular complexity index is 1040. The van der Waals surface area contributed by atoms with Gasteiger partial charge < -0.3 is 5.32 Å². The van der Waals surface area contributed by atoms with Gasteiger partial charge in [-0.2, -0.15) is 8.70 Å². The first-order valence-electron chi connectivity index (χ1n) is 8.69. The number of amides is 1. The van der Waals surface area contributed by atoms with E-state index in [-0.39, 0.29) is 23.7 Å². The van der Waals surface area contributed by atoms with Gasteiger partial charge in [0, 0.05) is 24.8 Å². The maximum atomic E-state index is 13.4. The Balaban J connectivity index is 1.73. The monoisotopic (exact) mass is 425 g/mol. The lowest BCUT2D eigenvalue weighted by atomic mass is 9.98. The molecule has 1 aliphatic rings. The molecule has 0 aliphatic carbocycles. The van der Waals surface area contributed by atoms with Crippen LogP contribution in [0.5, 0.6) is 0 Å². The van der Waals surface area contributed by atoms with Gasteiger partial charge in [0.1, 0.15) is 5.82 Å². The lowest BCUT2D eigenvalue weighted by Crippen LogP contribution is -2.43. The van der Waals surface area contributed by atoms with E-state index in [0.29, 0.717) is 12.8 Å². The summed E-state index contributed by atoms with van der Waals surface area (Å²) >= 11 is 0. The second-order valence-electron chi connectivity index (χ2n) is 6.57. The molecule has 2 aromatic carbocycles. The van der Waals surface area contributed by atoms with Crippen molar-refractivity contribution in [1.29, 1.82) is 0 Å². The van der Waals surface area contributed by atoms with Crippen molar-refractivity contribution < 1.29 is 26.9 Å². The van der Waals surface area contributed by atoms with E-state index in [0.717, 1.165) is 40.7 Å². The minimum Gasteiger partial charge on any atom is -0.326 e. The molecule has 1 aliphatic heterocycles. The fourth-order valence-corrected chi connectivity index (χ4v) is 4.63. The molecule has 3 rings (SSSR count). The molecule has 8 nitrogen and oxygen atoms in total. The highest BCUT2D eigenvalue weighted by molar-refractivity contribution is 7.89. The summed E-state index contributed by atoms with van der Waals surface area (Å²) in [6.07, 6.45) is 0.854. The zero-order valence-corrected chi connectivity index (χ0v) is 15.9. The zero-order valence-electron chi connectivity index (χ0n) is 15.0. The second-order valence-corrected chi connectivity index (χ2v) is 8.51. The molecule has 0 aromatic heterocycles. The molecular formula is C18H17F2N3O5S. The number of rotatable bonds is 5. The maximum Gasteiger partial charge on any atom is 0.306 e. The van der Waals surface area contributed by atoms with Gasteiger partial charge in [-0.1, -0.05) is 0 Å². The van der Waals surface area contributed by atoms with Gasteiger partial charge in [-0.3, -0.25) is 14.9 Å². The number of nitrogens with zero attached hydrogens (tertiary/aromatic N) is 2. The van der Waals surface area contributed by atoms with E-state index in [9.17, 15) is 32.1 Å². The van der Waals surface area contributed by atoms with Crippen molar-refractivity contribution in [3.8, 4) is 0 Å². The Morgan fingerprint density at radius 2 is 1.86 bits per heavy atom. The van der Waals surface area contributed by atoms with Crippen LogP contribution >= 0.6 is 0 Å². The number of piperidine rings is 1. The molecule has 0 saturated carbocycles. The van der Waals surface area contributed by atoms with Crippen molar-refractivity contribution in [3.05, 3.63) is 64.2 Å². The lowest BCUT2D eigenvalue weighted by Gasteiger charge is -2.31. The van der Waals surface area contributed by atoms with Crippen molar-refractivity contribution in [3.63, 3.8) is 0 Å². The molecular weight excluding hydrogens is 408 g/mol. The molecule has 1 atom stereocenters. The van der Waals surface area contributed by atoms with Crippen molar-refractivity contribution in [2.75, 3.05) is 18.4 Å². The largest absolute Gasteiger partial charge is 0.326 e. The van der Waals surface area contributed by atoms with Gasteiger partial charge in [0.25, 0.3) is 0 Å². The summed E-state index contributed by atoms with van der Waals surface area (Å²) in [5.74, 6) is -2.80. The average Bonchev–Trinajstić information content (AvgIpc) is 2.69. The van der Waals surface area contributed by atoms with E-state index in [2.05, 4.69) is 5.32 Å². The van der Waals surface area contributed by atoms with Crippen molar-refractivity contribution in [2.24, 2.45) is 5.92 Å². The number of carbonyl (C=O) groups is 1. The van der Waals surface area contributed by atoms with Crippen LogP contribution in [0.2, 0.25) is 0 Å². The minimum absolute atomic E-state index is 0.0432. The molecule has 0 spiro atoms. The highest BCUT2D eigenvalue weighted by Crippen LogP contribution is 2.26. The molecule has 1 unspecified atom stereocenters. The van der Waals surface area contributed by atoms with Gasteiger partial charge in [0.05, 0.1) is 15.7 Å². The summed E-state index contributed by atoms with van der Waals surface area (Å²) in [5.41, 5.74) is -0.728. The van der Waals surface area contributed by atoms with Crippen LogP contribution in [0.4, 0.5) is 20.2 Å². The van der Waals surface area contributed by atoms with E-state index in [1.165, 1.54) is 6.07 Å². The van der Waals surface area contributed by atoms with Crippen molar-refractivity contribution in [2.45, 2.75) is 17.7 Å². The van der Waals surface area contributed by atoms with Gasteiger partial charge in [-0.15, -0.1) is 0 Å². The fourth-order valence-electron chi connectivity index (χ4n) is 3.11. The number of halogens is 2. The van der Waals surface area contributed by atoms with Crippen LogP contribution in [-0.2, 0) is 14.8 Å². The van der Waals surface area contributed by atoms with Crippen molar-refractivity contribution >= 4 is 27.3 Å². The molecule has 29 heavy (non-hydrogen) atoms. The molecule has 1 fully saturated rings. The normalized spacial score (nSPS) is 17.7. The summed E-state index contributed by atoms with van der Waals surface area (Å²) in [4.78, 5) is 22.4. The SMILES string of the molecule is O=C(Nc1ccc(F)c([N+](=O)[O-])c1)C1CCCN(S(=O)(=O)c2ccc(F)cc2)C1. The van der Waals surface area contributed by atoms with Crippen LogP contribution in [0.3, 0.4) is 0 Å². The van der Waals surface area contributed by atoms with E-state index in [4.69, 9.17) is 0 Å². The third kappa shape index (κ3) is 4.57. The van der Waals surface area contributed by atoms with Crippen LogP contribution in [0.1, 0.15) is 12.8 Å². The molecule has 2 aromatic rings. The Kier molecular flexibility index (Phi) is 5.89. The van der Waals surface area contributed by atoms with E-state index < -0.39 is 44.1 Å². The van der Waals surface area contributed by atoms with E-state index in [1.807, 2.05) is 0 Å². The first kappa shape index (κ1) is 20.8. The summed E-state index contributed by atoms with van der Waals surface area (Å²) in [5, 5.41) is 13.3.